The lowest BCUT2D eigenvalue weighted by Gasteiger charge is -2.26. The number of ether oxygens (including phenoxy) is 4. The largest absolute Gasteiger partial charge is 0.491 e. The van der Waals surface area contributed by atoms with Gasteiger partial charge >= 0.3 is 0 Å². The van der Waals surface area contributed by atoms with Crippen molar-refractivity contribution in [2.24, 2.45) is 0 Å². The lowest BCUT2D eigenvalue weighted by Crippen LogP contribution is -2.38. The van der Waals surface area contributed by atoms with Gasteiger partial charge in [-0.2, -0.15) is 0 Å². The van der Waals surface area contributed by atoms with Crippen LogP contribution in [0, 0.1) is 0 Å². The molecule has 0 spiro atoms. The summed E-state index contributed by atoms with van der Waals surface area (Å²) in [5.41, 5.74) is 3.23. The summed E-state index contributed by atoms with van der Waals surface area (Å²) in [6.07, 6.45) is 0. The number of benzene rings is 2. The highest BCUT2D eigenvalue weighted by molar-refractivity contribution is 7.24. The maximum atomic E-state index is 13.3. The van der Waals surface area contributed by atoms with E-state index in [2.05, 4.69) is 27.3 Å². The molecule has 0 atom stereocenters. The van der Waals surface area contributed by atoms with E-state index in [1.807, 2.05) is 11.6 Å². The van der Waals surface area contributed by atoms with Crippen molar-refractivity contribution >= 4 is 53.9 Å². The topological polar surface area (TPSA) is 82.2 Å². The van der Waals surface area contributed by atoms with Crippen LogP contribution >= 0.6 is 22.7 Å². The van der Waals surface area contributed by atoms with Crippen LogP contribution in [0.2, 0.25) is 0 Å². The van der Waals surface area contributed by atoms with Gasteiger partial charge in [-0.1, -0.05) is 6.07 Å². The number of hydrogen-bond acceptors (Lipinski definition) is 9. The van der Waals surface area contributed by atoms with Crippen molar-refractivity contribution in [3.8, 4) is 17.2 Å². The van der Waals surface area contributed by atoms with Crippen molar-refractivity contribution in [3.63, 3.8) is 0 Å². The van der Waals surface area contributed by atoms with Crippen LogP contribution in [0.3, 0.4) is 0 Å². The molecule has 2 aromatic heterocycles. The summed E-state index contributed by atoms with van der Waals surface area (Å²) in [5.74, 6) is 1.35. The van der Waals surface area contributed by atoms with Gasteiger partial charge in [0.15, 0.2) is 11.5 Å². The Hall–Kier alpha value is -2.92. The first kappa shape index (κ1) is 20.7. The van der Waals surface area contributed by atoms with E-state index in [0.29, 0.717) is 29.4 Å². The van der Waals surface area contributed by atoms with Gasteiger partial charge in [-0.3, -0.25) is 9.69 Å². The second-order valence-corrected chi connectivity index (χ2v) is 9.69. The second-order valence-electron chi connectivity index (χ2n) is 7.75. The summed E-state index contributed by atoms with van der Waals surface area (Å²) in [6.45, 7) is 4.60. The van der Waals surface area contributed by atoms with E-state index in [9.17, 15) is 4.79 Å². The highest BCUT2D eigenvalue weighted by Gasteiger charge is 2.23. The van der Waals surface area contributed by atoms with Crippen LogP contribution in [0.5, 0.6) is 17.2 Å². The van der Waals surface area contributed by atoms with Gasteiger partial charge in [0.2, 0.25) is 6.79 Å². The van der Waals surface area contributed by atoms with Gasteiger partial charge in [-0.25, -0.2) is 4.98 Å². The molecule has 2 aliphatic heterocycles. The minimum Gasteiger partial charge on any atom is -0.491 e. The van der Waals surface area contributed by atoms with Crippen LogP contribution in [-0.2, 0) is 4.74 Å². The molecule has 1 N–H and O–H groups in total. The van der Waals surface area contributed by atoms with E-state index in [1.165, 1.54) is 11.3 Å². The van der Waals surface area contributed by atoms with Crippen LogP contribution in [-0.4, -0.2) is 62.0 Å². The number of hydrogen-bond donors (Lipinski definition) is 1. The molecule has 4 heterocycles. The number of nitrogens with zero attached hydrogens (tertiary/aromatic N) is 2. The van der Waals surface area contributed by atoms with Crippen LogP contribution in [0.25, 0.3) is 20.3 Å². The van der Waals surface area contributed by atoms with Crippen LogP contribution < -0.4 is 19.5 Å². The number of amides is 1. The van der Waals surface area contributed by atoms with E-state index in [-0.39, 0.29) is 12.7 Å². The number of anilines is 1. The molecule has 0 saturated carbocycles. The monoisotopic (exact) mass is 483 g/mol. The van der Waals surface area contributed by atoms with E-state index in [0.717, 1.165) is 58.2 Å². The number of carbonyl (C=O) groups excluding carboxylic acids is 1. The third-order valence-electron chi connectivity index (χ3n) is 5.71. The number of thiophene rings is 1. The first-order chi connectivity index (χ1) is 16.2. The Balaban J connectivity index is 1.23. The van der Waals surface area contributed by atoms with Crippen LogP contribution in [0.1, 0.15) is 10.4 Å². The molecular weight excluding hydrogens is 462 g/mol. The maximum absolute atomic E-state index is 13.3. The Morgan fingerprint density at radius 3 is 2.88 bits per heavy atom. The predicted octanol–water partition coefficient (Wildman–Crippen LogP) is 4.20. The van der Waals surface area contributed by atoms with Crippen LogP contribution in [0.4, 0.5) is 5.00 Å². The molecule has 8 nitrogen and oxygen atoms in total. The molecule has 0 aliphatic carbocycles. The average Bonchev–Trinajstić information content (AvgIpc) is 3.57. The Bertz CT molecular complexity index is 1330. The number of nitrogens with one attached hydrogen (secondary N) is 1. The Morgan fingerprint density at radius 2 is 2.00 bits per heavy atom. The summed E-state index contributed by atoms with van der Waals surface area (Å²) in [7, 11) is 0. The molecule has 2 aliphatic rings. The summed E-state index contributed by atoms with van der Waals surface area (Å²) in [5, 5.41) is 4.84. The van der Waals surface area contributed by atoms with Gasteiger partial charge in [0.1, 0.15) is 12.4 Å². The SMILES string of the molecule is O=C(Nc1cc2ccc3scnc3c2s1)c1cc2c(cc1OCCN1CCOCC1)OCO2. The smallest absolute Gasteiger partial charge is 0.260 e. The fourth-order valence-corrected chi connectivity index (χ4v) is 5.80. The summed E-state index contributed by atoms with van der Waals surface area (Å²) in [4.78, 5) is 20.0. The van der Waals surface area contributed by atoms with Gasteiger partial charge in [0.05, 0.1) is 44.2 Å². The number of carbonyl (C=O) groups is 1. The molecule has 0 bridgehead atoms. The minimum atomic E-state index is -0.254. The molecule has 1 fully saturated rings. The first-order valence-electron chi connectivity index (χ1n) is 10.7. The normalized spacial score (nSPS) is 15.9. The van der Waals surface area contributed by atoms with Crippen molar-refractivity contribution in [2.75, 3.05) is 51.6 Å². The molecule has 0 radical (unpaired) electrons. The zero-order chi connectivity index (χ0) is 22.2. The predicted molar refractivity (Wildman–Crippen MR) is 128 cm³/mol. The van der Waals surface area contributed by atoms with Gasteiger partial charge in [-0.15, -0.1) is 22.7 Å². The Labute approximate surface area is 197 Å². The summed E-state index contributed by atoms with van der Waals surface area (Å²) in [6, 6.07) is 9.52. The average molecular weight is 484 g/mol. The van der Waals surface area contributed by atoms with Gasteiger partial charge in [0.25, 0.3) is 5.91 Å². The zero-order valence-corrected chi connectivity index (χ0v) is 19.3. The standard InChI is InChI=1S/C23H21N3O5S2/c27-23(25-20-9-14-1-2-19-21(22(14)33-20)24-12-32-19)15-10-17-18(31-13-30-17)11-16(15)29-8-5-26-3-6-28-7-4-26/h1-2,9-12H,3-8,13H2,(H,25,27). The van der Waals surface area contributed by atoms with E-state index >= 15 is 0 Å². The molecule has 1 saturated heterocycles. The zero-order valence-electron chi connectivity index (χ0n) is 17.7. The number of aromatic nitrogens is 1. The molecular formula is C23H21N3O5S2. The lowest BCUT2D eigenvalue weighted by molar-refractivity contribution is 0.0322. The fraction of sp³-hybridized carbons (Fsp3) is 0.304. The molecule has 10 heteroatoms. The van der Waals surface area contributed by atoms with Gasteiger partial charge < -0.3 is 24.3 Å². The third-order valence-corrected chi connectivity index (χ3v) is 7.58. The van der Waals surface area contributed by atoms with Crippen molar-refractivity contribution in [1.82, 2.24) is 9.88 Å². The van der Waals surface area contributed by atoms with Crippen LogP contribution in [0.15, 0.2) is 35.8 Å². The quantitative estimate of drug-likeness (QED) is 0.440. The van der Waals surface area contributed by atoms with Gasteiger partial charge in [0, 0.05) is 31.8 Å². The minimum absolute atomic E-state index is 0.133. The number of fused-ring (bicyclic) bond motifs is 4. The summed E-state index contributed by atoms with van der Waals surface area (Å²) >= 11 is 3.13. The van der Waals surface area contributed by atoms with E-state index in [1.54, 1.807) is 23.5 Å². The number of rotatable bonds is 6. The van der Waals surface area contributed by atoms with Crippen molar-refractivity contribution < 1.29 is 23.7 Å². The Morgan fingerprint density at radius 1 is 1.15 bits per heavy atom. The third kappa shape index (κ3) is 4.10. The Kier molecular flexibility index (Phi) is 5.50. The molecule has 6 rings (SSSR count). The van der Waals surface area contributed by atoms with Crippen molar-refractivity contribution in [1.29, 1.82) is 0 Å². The molecule has 2 aromatic carbocycles. The number of thiazole rings is 1. The molecule has 33 heavy (non-hydrogen) atoms. The van der Waals surface area contributed by atoms with E-state index < -0.39 is 0 Å². The highest BCUT2D eigenvalue weighted by atomic mass is 32.1. The van der Waals surface area contributed by atoms with Crippen molar-refractivity contribution in [2.45, 2.75) is 0 Å². The van der Waals surface area contributed by atoms with E-state index in [4.69, 9.17) is 18.9 Å². The first-order valence-corrected chi connectivity index (χ1v) is 12.4. The molecule has 4 aromatic rings. The highest BCUT2D eigenvalue weighted by Crippen LogP contribution is 2.40. The number of morpholine rings is 1. The fourth-order valence-electron chi connectivity index (χ4n) is 3.99. The maximum Gasteiger partial charge on any atom is 0.260 e. The molecule has 170 valence electrons. The second kappa shape index (κ2) is 8.79. The van der Waals surface area contributed by atoms with Crippen molar-refractivity contribution in [3.05, 3.63) is 41.4 Å². The lowest BCUT2D eigenvalue weighted by atomic mass is 10.1. The molecule has 0 unspecified atom stereocenters. The van der Waals surface area contributed by atoms with Gasteiger partial charge in [-0.05, 0) is 17.5 Å². The summed E-state index contributed by atoms with van der Waals surface area (Å²) < 4.78 is 24.6. The molecule has 1 amide bonds.